The third kappa shape index (κ3) is 2.52. The first-order valence-electron chi connectivity index (χ1n) is 6.24. The molecule has 2 heterocycles. The molecule has 0 bridgehead atoms. The summed E-state index contributed by atoms with van der Waals surface area (Å²) in [5, 5.41) is 9.16. The molecule has 0 amide bonds. The lowest BCUT2D eigenvalue weighted by atomic mass is 9.93. The van der Waals surface area contributed by atoms with Crippen molar-refractivity contribution in [3.63, 3.8) is 0 Å². The Labute approximate surface area is 93.1 Å². The second kappa shape index (κ2) is 4.81. The Morgan fingerprint density at radius 1 is 1.20 bits per heavy atom. The number of hydrogen-bond donors (Lipinski definition) is 1. The van der Waals surface area contributed by atoms with E-state index in [9.17, 15) is 0 Å². The van der Waals surface area contributed by atoms with Crippen molar-refractivity contribution < 1.29 is 5.11 Å². The van der Waals surface area contributed by atoms with Gasteiger partial charge in [0.05, 0.1) is 0 Å². The summed E-state index contributed by atoms with van der Waals surface area (Å²) in [6.45, 7) is 7.52. The monoisotopic (exact) mass is 212 g/mol. The van der Waals surface area contributed by atoms with Crippen LogP contribution in [-0.2, 0) is 0 Å². The molecule has 3 heteroatoms. The SMILES string of the molecule is CC1CN(C)CCC1N1CCC(CO)C1. The highest BCUT2D eigenvalue weighted by Crippen LogP contribution is 2.26. The molecule has 0 aromatic heterocycles. The number of piperidine rings is 1. The topological polar surface area (TPSA) is 26.7 Å². The Morgan fingerprint density at radius 2 is 2.00 bits per heavy atom. The first-order chi connectivity index (χ1) is 7.20. The second-order valence-corrected chi connectivity index (χ2v) is 5.43. The normalized spacial score (nSPS) is 39.8. The standard InChI is InChI=1S/C12H24N2O/c1-10-7-13(2)5-4-12(10)14-6-3-11(8-14)9-15/h10-12,15H,3-9H2,1-2H3. The summed E-state index contributed by atoms with van der Waals surface area (Å²) in [6, 6.07) is 0.762. The van der Waals surface area contributed by atoms with Crippen LogP contribution in [0.1, 0.15) is 19.8 Å². The number of hydrogen-bond acceptors (Lipinski definition) is 3. The van der Waals surface area contributed by atoms with E-state index in [1.807, 2.05) is 0 Å². The molecule has 3 atom stereocenters. The minimum atomic E-state index is 0.373. The van der Waals surface area contributed by atoms with E-state index in [2.05, 4.69) is 23.8 Å². The quantitative estimate of drug-likeness (QED) is 0.728. The minimum absolute atomic E-state index is 0.373. The van der Waals surface area contributed by atoms with Gasteiger partial charge in [0, 0.05) is 25.7 Å². The number of nitrogens with zero attached hydrogens (tertiary/aromatic N) is 2. The van der Waals surface area contributed by atoms with Gasteiger partial charge in [-0.2, -0.15) is 0 Å². The van der Waals surface area contributed by atoms with Crippen LogP contribution in [0.4, 0.5) is 0 Å². The van der Waals surface area contributed by atoms with Gasteiger partial charge in [-0.25, -0.2) is 0 Å². The molecule has 0 spiro atoms. The van der Waals surface area contributed by atoms with Crippen molar-refractivity contribution in [1.29, 1.82) is 0 Å². The highest BCUT2D eigenvalue weighted by molar-refractivity contribution is 4.88. The molecule has 2 rings (SSSR count). The molecular formula is C12H24N2O. The Kier molecular flexibility index (Phi) is 3.65. The van der Waals surface area contributed by atoms with Gasteiger partial charge in [-0.3, -0.25) is 4.90 Å². The lowest BCUT2D eigenvalue weighted by Crippen LogP contribution is -2.48. The van der Waals surface area contributed by atoms with E-state index in [0.717, 1.165) is 18.5 Å². The maximum Gasteiger partial charge on any atom is 0.0471 e. The van der Waals surface area contributed by atoms with E-state index in [4.69, 9.17) is 5.11 Å². The summed E-state index contributed by atoms with van der Waals surface area (Å²) in [5.41, 5.74) is 0. The van der Waals surface area contributed by atoms with Crippen LogP contribution >= 0.6 is 0 Å². The summed E-state index contributed by atoms with van der Waals surface area (Å²) in [4.78, 5) is 5.04. The molecular weight excluding hydrogens is 188 g/mol. The Hall–Kier alpha value is -0.120. The number of aliphatic hydroxyl groups excluding tert-OH is 1. The molecule has 3 nitrogen and oxygen atoms in total. The molecule has 3 unspecified atom stereocenters. The summed E-state index contributed by atoms with van der Waals surface area (Å²) >= 11 is 0. The predicted molar refractivity (Wildman–Crippen MR) is 61.8 cm³/mol. The Balaban J connectivity index is 1.88. The van der Waals surface area contributed by atoms with Crippen LogP contribution < -0.4 is 0 Å². The van der Waals surface area contributed by atoms with Crippen LogP contribution in [0.15, 0.2) is 0 Å². The average Bonchev–Trinajstić information content (AvgIpc) is 2.66. The highest BCUT2D eigenvalue weighted by Gasteiger charge is 2.33. The number of rotatable bonds is 2. The zero-order valence-electron chi connectivity index (χ0n) is 10.0. The lowest BCUT2D eigenvalue weighted by Gasteiger charge is -2.40. The van der Waals surface area contributed by atoms with Crippen molar-refractivity contribution in [1.82, 2.24) is 9.80 Å². The van der Waals surface area contributed by atoms with Gasteiger partial charge in [0.25, 0.3) is 0 Å². The molecule has 0 aromatic carbocycles. The van der Waals surface area contributed by atoms with Gasteiger partial charge < -0.3 is 10.0 Å². The number of likely N-dealkylation sites (tertiary alicyclic amines) is 2. The van der Waals surface area contributed by atoms with Gasteiger partial charge in [0.2, 0.25) is 0 Å². The Morgan fingerprint density at radius 3 is 2.60 bits per heavy atom. The molecule has 2 saturated heterocycles. The van der Waals surface area contributed by atoms with Crippen LogP contribution in [0.5, 0.6) is 0 Å². The van der Waals surface area contributed by atoms with Gasteiger partial charge in [-0.1, -0.05) is 6.92 Å². The van der Waals surface area contributed by atoms with E-state index in [1.54, 1.807) is 0 Å². The van der Waals surface area contributed by atoms with Crippen molar-refractivity contribution in [3.05, 3.63) is 0 Å². The maximum atomic E-state index is 9.16. The van der Waals surface area contributed by atoms with E-state index >= 15 is 0 Å². The molecule has 0 aromatic rings. The number of aliphatic hydroxyl groups is 1. The van der Waals surface area contributed by atoms with Crippen LogP contribution in [-0.4, -0.2) is 60.8 Å². The van der Waals surface area contributed by atoms with Crippen molar-refractivity contribution in [2.75, 3.05) is 39.8 Å². The van der Waals surface area contributed by atoms with Gasteiger partial charge in [0.15, 0.2) is 0 Å². The first-order valence-corrected chi connectivity index (χ1v) is 6.24. The van der Waals surface area contributed by atoms with Crippen molar-refractivity contribution in [2.45, 2.75) is 25.8 Å². The maximum absolute atomic E-state index is 9.16. The van der Waals surface area contributed by atoms with Gasteiger partial charge in [-0.05, 0) is 44.8 Å². The first kappa shape index (κ1) is 11.4. The van der Waals surface area contributed by atoms with Crippen LogP contribution in [0, 0.1) is 11.8 Å². The van der Waals surface area contributed by atoms with E-state index in [-0.39, 0.29) is 0 Å². The van der Waals surface area contributed by atoms with Crippen molar-refractivity contribution in [3.8, 4) is 0 Å². The summed E-state index contributed by atoms with van der Waals surface area (Å²) in [5.74, 6) is 1.32. The average molecular weight is 212 g/mol. The fourth-order valence-corrected chi connectivity index (χ4v) is 3.20. The third-order valence-electron chi connectivity index (χ3n) is 4.11. The fourth-order valence-electron chi connectivity index (χ4n) is 3.20. The van der Waals surface area contributed by atoms with Crippen molar-refractivity contribution in [2.24, 2.45) is 11.8 Å². The van der Waals surface area contributed by atoms with E-state index in [1.165, 1.54) is 32.5 Å². The highest BCUT2D eigenvalue weighted by atomic mass is 16.3. The summed E-state index contributed by atoms with van der Waals surface area (Å²) in [6.07, 6.45) is 2.49. The molecule has 2 fully saturated rings. The van der Waals surface area contributed by atoms with Crippen molar-refractivity contribution >= 4 is 0 Å². The molecule has 2 aliphatic heterocycles. The molecule has 1 N–H and O–H groups in total. The molecule has 2 aliphatic rings. The van der Waals surface area contributed by atoms with Gasteiger partial charge >= 0.3 is 0 Å². The largest absolute Gasteiger partial charge is 0.396 e. The zero-order chi connectivity index (χ0) is 10.8. The molecule has 0 radical (unpaired) electrons. The second-order valence-electron chi connectivity index (χ2n) is 5.43. The van der Waals surface area contributed by atoms with Crippen LogP contribution in [0.2, 0.25) is 0 Å². The predicted octanol–water partition coefficient (Wildman–Crippen LogP) is 0.641. The van der Waals surface area contributed by atoms with Crippen LogP contribution in [0.25, 0.3) is 0 Å². The molecule has 15 heavy (non-hydrogen) atoms. The lowest BCUT2D eigenvalue weighted by molar-refractivity contribution is 0.0869. The summed E-state index contributed by atoms with van der Waals surface area (Å²) < 4.78 is 0. The molecule has 0 aliphatic carbocycles. The zero-order valence-corrected chi connectivity index (χ0v) is 10.0. The summed E-state index contributed by atoms with van der Waals surface area (Å²) in [7, 11) is 2.22. The van der Waals surface area contributed by atoms with Crippen LogP contribution in [0.3, 0.4) is 0 Å². The fraction of sp³-hybridized carbons (Fsp3) is 1.00. The molecule has 88 valence electrons. The smallest absolute Gasteiger partial charge is 0.0471 e. The van der Waals surface area contributed by atoms with Gasteiger partial charge in [0.1, 0.15) is 0 Å². The Bertz CT molecular complexity index is 210. The third-order valence-corrected chi connectivity index (χ3v) is 4.11. The minimum Gasteiger partial charge on any atom is -0.396 e. The van der Waals surface area contributed by atoms with E-state index < -0.39 is 0 Å². The molecule has 0 saturated carbocycles. The van der Waals surface area contributed by atoms with E-state index in [0.29, 0.717) is 12.5 Å². The van der Waals surface area contributed by atoms with Gasteiger partial charge in [-0.15, -0.1) is 0 Å².